The van der Waals surface area contributed by atoms with Gasteiger partial charge in [-0.05, 0) is 35.2 Å². The molecule has 0 saturated heterocycles. The fourth-order valence-corrected chi connectivity index (χ4v) is 8.41. The lowest BCUT2D eigenvalue weighted by molar-refractivity contribution is 1.23. The van der Waals surface area contributed by atoms with Gasteiger partial charge in [0.25, 0.3) is 0 Å². The maximum atomic E-state index is 5.23. The van der Waals surface area contributed by atoms with E-state index in [0.717, 1.165) is 33.5 Å². The summed E-state index contributed by atoms with van der Waals surface area (Å²) in [5.74, 6) is 0.732. The van der Waals surface area contributed by atoms with Gasteiger partial charge < -0.3 is 0 Å². The van der Waals surface area contributed by atoms with E-state index in [0.29, 0.717) is 0 Å². The first-order valence-corrected chi connectivity index (χ1v) is 16.3. The van der Waals surface area contributed by atoms with Crippen LogP contribution in [0.1, 0.15) is 0 Å². The molecule has 0 atom stereocenters. The monoisotopic (exact) mass is 603 g/mol. The van der Waals surface area contributed by atoms with Crippen LogP contribution in [0.4, 0.5) is 0 Å². The van der Waals surface area contributed by atoms with Gasteiger partial charge in [0.05, 0.1) is 22.2 Å². The van der Waals surface area contributed by atoms with E-state index in [1.807, 2.05) is 17.4 Å². The summed E-state index contributed by atoms with van der Waals surface area (Å²) >= 11 is 1.86. The summed E-state index contributed by atoms with van der Waals surface area (Å²) in [4.78, 5) is 11.6. The first-order chi connectivity index (χ1) is 22.8. The Kier molecular flexibility index (Phi) is 5.45. The number of rotatable bonds is 3. The molecule has 0 N–H and O–H groups in total. The van der Waals surface area contributed by atoms with Gasteiger partial charge in [0, 0.05) is 48.3 Å². The molecule has 0 fully saturated rings. The van der Waals surface area contributed by atoms with Crippen LogP contribution in [0.15, 0.2) is 152 Å². The molecule has 10 rings (SSSR count). The number of pyridine rings is 1. The van der Waals surface area contributed by atoms with Crippen molar-refractivity contribution in [3.8, 4) is 33.8 Å². The molecule has 46 heavy (non-hydrogen) atoms. The Balaban J connectivity index is 1.36. The van der Waals surface area contributed by atoms with Crippen molar-refractivity contribution in [1.29, 1.82) is 0 Å². The Morgan fingerprint density at radius 1 is 0.478 bits per heavy atom. The largest absolute Gasteiger partial charge is 0.299 e. The zero-order chi connectivity index (χ0) is 30.2. The molecule has 10 aromatic rings. The van der Waals surface area contributed by atoms with Gasteiger partial charge in [-0.15, -0.1) is 11.3 Å². The van der Waals surface area contributed by atoms with Crippen LogP contribution in [0.3, 0.4) is 0 Å². The number of thiophene rings is 1. The highest BCUT2D eigenvalue weighted by Gasteiger charge is 2.22. The zero-order valence-corrected chi connectivity index (χ0v) is 25.5. The summed E-state index contributed by atoms with van der Waals surface area (Å²) in [6.45, 7) is 0. The molecule has 0 aliphatic carbocycles. The maximum Gasteiger partial charge on any atom is 0.160 e. The molecule has 0 saturated carbocycles. The standard InChI is InChI=1S/C42H25N3S/c1-3-13-26(14-4-1)37-31-18-8-11-21-35(31)45-40(37)29-24-23-28(25-33(29)38-32-19-9-12-22-36(32)46-42(38)45)41-43-34-20-10-7-17-30(34)39(44-41)27-15-5-2-6-16-27/h1-25H. The van der Waals surface area contributed by atoms with Crippen molar-refractivity contribution >= 4 is 69.7 Å². The Bertz CT molecular complexity index is 2790. The summed E-state index contributed by atoms with van der Waals surface area (Å²) in [5, 5.41) is 7.30. The van der Waals surface area contributed by atoms with E-state index < -0.39 is 0 Å². The van der Waals surface area contributed by atoms with Crippen molar-refractivity contribution in [1.82, 2.24) is 14.4 Å². The number of hydrogen-bond acceptors (Lipinski definition) is 3. The fourth-order valence-electron chi connectivity index (χ4n) is 7.17. The summed E-state index contributed by atoms with van der Waals surface area (Å²) in [7, 11) is 0. The van der Waals surface area contributed by atoms with Crippen LogP contribution in [-0.2, 0) is 0 Å². The normalized spacial score (nSPS) is 11.9. The maximum absolute atomic E-state index is 5.23. The second-order valence-electron chi connectivity index (χ2n) is 11.8. The van der Waals surface area contributed by atoms with Crippen LogP contribution in [0.5, 0.6) is 0 Å². The molecule has 0 bridgehead atoms. The highest BCUT2D eigenvalue weighted by molar-refractivity contribution is 7.25. The van der Waals surface area contributed by atoms with Crippen molar-refractivity contribution in [3.05, 3.63) is 152 Å². The van der Waals surface area contributed by atoms with Crippen molar-refractivity contribution in [3.63, 3.8) is 0 Å². The third kappa shape index (κ3) is 3.65. The quantitative estimate of drug-likeness (QED) is 0.201. The Hall–Kier alpha value is -5.84. The number of aromatic nitrogens is 3. The molecule has 6 aromatic carbocycles. The second kappa shape index (κ2) is 9.83. The van der Waals surface area contributed by atoms with Crippen LogP contribution in [0, 0.1) is 0 Å². The summed E-state index contributed by atoms with van der Waals surface area (Å²) in [6.07, 6.45) is 0. The predicted molar refractivity (Wildman–Crippen MR) is 195 cm³/mol. The minimum atomic E-state index is 0.732. The molecule has 0 radical (unpaired) electrons. The van der Waals surface area contributed by atoms with E-state index in [1.54, 1.807) is 0 Å². The van der Waals surface area contributed by atoms with Gasteiger partial charge in [-0.3, -0.25) is 4.40 Å². The molecule has 0 aliphatic rings. The highest BCUT2D eigenvalue weighted by Crippen LogP contribution is 2.47. The van der Waals surface area contributed by atoms with Crippen molar-refractivity contribution in [2.24, 2.45) is 0 Å². The lowest BCUT2D eigenvalue weighted by atomic mass is 9.97. The molecule has 4 aromatic heterocycles. The topological polar surface area (TPSA) is 30.2 Å². The van der Waals surface area contributed by atoms with Crippen LogP contribution in [-0.4, -0.2) is 14.4 Å². The predicted octanol–water partition coefficient (Wildman–Crippen LogP) is 11.6. The van der Waals surface area contributed by atoms with E-state index in [1.165, 1.54) is 58.6 Å². The molecule has 0 spiro atoms. The summed E-state index contributed by atoms with van der Waals surface area (Å²) in [5.41, 5.74) is 8.93. The SMILES string of the molecule is c1ccc(-c2nc(-c3ccc4c(c3)c3c5ccccc5sc3n3c5ccccc5c(-c5ccccc5)c43)nc3ccccc23)cc1. The van der Waals surface area contributed by atoms with E-state index in [9.17, 15) is 0 Å². The number of hydrogen-bond donors (Lipinski definition) is 0. The molecular formula is C42H25N3S. The fraction of sp³-hybridized carbons (Fsp3) is 0. The van der Waals surface area contributed by atoms with Crippen molar-refractivity contribution in [2.75, 3.05) is 0 Å². The lowest BCUT2D eigenvalue weighted by Crippen LogP contribution is -1.96. The molecule has 0 amide bonds. The smallest absolute Gasteiger partial charge is 0.160 e. The number of fused-ring (bicyclic) bond motifs is 11. The lowest BCUT2D eigenvalue weighted by Gasteiger charge is -2.12. The van der Waals surface area contributed by atoms with Crippen LogP contribution in [0.25, 0.3) is 92.2 Å². The minimum Gasteiger partial charge on any atom is -0.299 e. The number of benzene rings is 6. The van der Waals surface area contributed by atoms with Crippen molar-refractivity contribution in [2.45, 2.75) is 0 Å². The van der Waals surface area contributed by atoms with Gasteiger partial charge in [0.2, 0.25) is 0 Å². The van der Waals surface area contributed by atoms with Gasteiger partial charge in [-0.2, -0.15) is 0 Å². The van der Waals surface area contributed by atoms with E-state index in [-0.39, 0.29) is 0 Å². The molecular weight excluding hydrogens is 579 g/mol. The van der Waals surface area contributed by atoms with E-state index in [4.69, 9.17) is 9.97 Å². The van der Waals surface area contributed by atoms with Crippen molar-refractivity contribution < 1.29 is 0 Å². The van der Waals surface area contributed by atoms with E-state index >= 15 is 0 Å². The molecule has 4 heterocycles. The van der Waals surface area contributed by atoms with Gasteiger partial charge >= 0.3 is 0 Å². The summed E-state index contributed by atoms with van der Waals surface area (Å²) in [6, 6.07) is 54.0. The van der Waals surface area contributed by atoms with Crippen LogP contribution < -0.4 is 0 Å². The molecule has 214 valence electrons. The third-order valence-corrected chi connectivity index (χ3v) is 10.3. The molecule has 3 nitrogen and oxygen atoms in total. The third-order valence-electron chi connectivity index (χ3n) is 9.17. The summed E-state index contributed by atoms with van der Waals surface area (Å²) < 4.78 is 3.78. The average molecular weight is 604 g/mol. The second-order valence-corrected chi connectivity index (χ2v) is 12.8. The Morgan fingerprint density at radius 2 is 1.15 bits per heavy atom. The number of para-hydroxylation sites is 2. The van der Waals surface area contributed by atoms with Gasteiger partial charge in [-0.25, -0.2) is 9.97 Å². The zero-order valence-electron chi connectivity index (χ0n) is 24.7. The van der Waals surface area contributed by atoms with Gasteiger partial charge in [-0.1, -0.05) is 127 Å². The van der Waals surface area contributed by atoms with E-state index in [2.05, 4.69) is 150 Å². The average Bonchev–Trinajstić information content (AvgIpc) is 3.68. The minimum absolute atomic E-state index is 0.732. The Morgan fingerprint density at radius 3 is 1.98 bits per heavy atom. The van der Waals surface area contributed by atoms with Crippen LogP contribution >= 0.6 is 11.3 Å². The molecule has 0 aliphatic heterocycles. The highest BCUT2D eigenvalue weighted by atomic mass is 32.1. The Labute approximate surface area is 268 Å². The van der Waals surface area contributed by atoms with Gasteiger partial charge in [0.15, 0.2) is 5.82 Å². The molecule has 4 heteroatoms. The number of nitrogens with zero attached hydrogens (tertiary/aromatic N) is 3. The van der Waals surface area contributed by atoms with Gasteiger partial charge in [0.1, 0.15) is 4.83 Å². The molecule has 0 unspecified atom stereocenters. The van der Waals surface area contributed by atoms with Crippen LogP contribution in [0.2, 0.25) is 0 Å². The first-order valence-electron chi connectivity index (χ1n) is 15.5. The first kappa shape index (κ1) is 25.5.